The minimum atomic E-state index is -1.29. The number of halogens is 3. The van der Waals surface area contributed by atoms with E-state index in [9.17, 15) is 9.59 Å². The number of hydrogen-bond donors (Lipinski definition) is 1. The molecule has 2 aromatic carbocycles. The summed E-state index contributed by atoms with van der Waals surface area (Å²) in [5, 5.41) is 2.65. The van der Waals surface area contributed by atoms with Gasteiger partial charge < -0.3 is 14.8 Å². The fourth-order valence-corrected chi connectivity index (χ4v) is 3.32. The fourth-order valence-electron chi connectivity index (χ4n) is 2.77. The van der Waals surface area contributed by atoms with Crippen LogP contribution in [0.4, 0.5) is 5.69 Å². The number of anilines is 1. The maximum absolute atomic E-state index is 13.1. The first-order chi connectivity index (χ1) is 14.8. The number of nitrogens with one attached hydrogen (secondary N) is 1. The first kappa shape index (κ1) is 22.9. The third-order valence-corrected chi connectivity index (χ3v) is 5.53. The Bertz CT molecular complexity index is 1120. The van der Waals surface area contributed by atoms with Crippen molar-refractivity contribution in [2.75, 3.05) is 12.4 Å². The van der Waals surface area contributed by atoms with Gasteiger partial charge in [-0.05, 0) is 24.6 Å². The number of amides is 1. The molecule has 31 heavy (non-hydrogen) atoms. The van der Waals surface area contributed by atoms with Crippen molar-refractivity contribution in [1.82, 2.24) is 4.98 Å². The van der Waals surface area contributed by atoms with Gasteiger partial charge in [0.15, 0.2) is 5.69 Å². The maximum atomic E-state index is 13.1. The molecule has 0 aliphatic heterocycles. The van der Waals surface area contributed by atoms with Crippen molar-refractivity contribution in [1.29, 1.82) is 0 Å². The Morgan fingerprint density at radius 2 is 1.74 bits per heavy atom. The molecule has 1 atom stereocenters. The van der Waals surface area contributed by atoms with Gasteiger partial charge in [0.1, 0.15) is 5.75 Å². The average molecular weight is 480 g/mol. The van der Waals surface area contributed by atoms with E-state index in [1.54, 1.807) is 42.5 Å². The number of rotatable bonds is 6. The molecule has 1 N–H and O–H groups in total. The Hall–Kier alpha value is -2.80. The molecule has 1 unspecified atom stereocenters. The van der Waals surface area contributed by atoms with Gasteiger partial charge in [0.2, 0.25) is 6.10 Å². The Labute approximate surface area is 194 Å². The zero-order valence-corrected chi connectivity index (χ0v) is 18.8. The van der Waals surface area contributed by atoms with E-state index in [4.69, 9.17) is 44.3 Å². The highest BCUT2D eigenvalue weighted by molar-refractivity contribution is 6.48. The molecular formula is C22H17Cl3N2O4. The summed E-state index contributed by atoms with van der Waals surface area (Å²) in [5.74, 6) is -1.05. The SMILES string of the molecule is COc1ccc(C)cc1NC(=O)C(OC(=O)c1ncc(Cl)c(Cl)c1Cl)c1ccccc1. The molecule has 0 saturated heterocycles. The lowest BCUT2D eigenvalue weighted by Gasteiger charge is -2.19. The number of carbonyl (C=O) groups excluding carboxylic acids is 2. The van der Waals surface area contributed by atoms with Crippen molar-refractivity contribution in [2.45, 2.75) is 13.0 Å². The summed E-state index contributed by atoms with van der Waals surface area (Å²) in [7, 11) is 1.49. The molecule has 1 heterocycles. The summed E-state index contributed by atoms with van der Waals surface area (Å²) in [6.07, 6.45) is -0.104. The second kappa shape index (κ2) is 10.0. The fraction of sp³-hybridized carbons (Fsp3) is 0.136. The van der Waals surface area contributed by atoms with Crippen LogP contribution in [-0.4, -0.2) is 24.0 Å². The van der Waals surface area contributed by atoms with Crippen LogP contribution >= 0.6 is 34.8 Å². The van der Waals surface area contributed by atoms with E-state index in [-0.39, 0.29) is 20.8 Å². The topological polar surface area (TPSA) is 77.5 Å². The van der Waals surface area contributed by atoms with Crippen LogP contribution in [0.5, 0.6) is 5.75 Å². The van der Waals surface area contributed by atoms with Gasteiger partial charge in [-0.15, -0.1) is 0 Å². The number of ether oxygens (including phenoxy) is 2. The van der Waals surface area contributed by atoms with Gasteiger partial charge >= 0.3 is 5.97 Å². The predicted molar refractivity (Wildman–Crippen MR) is 120 cm³/mol. The van der Waals surface area contributed by atoms with Gasteiger partial charge in [0.05, 0.1) is 27.9 Å². The molecule has 0 fully saturated rings. The molecule has 0 radical (unpaired) electrons. The standard InChI is InChI=1S/C22H17Cl3N2O4/c1-12-8-9-16(30-2)15(10-12)27-21(28)20(13-6-4-3-5-7-13)31-22(29)19-18(25)17(24)14(23)11-26-19/h3-11,20H,1-2H3,(H,27,28). The molecule has 3 aromatic rings. The monoisotopic (exact) mass is 478 g/mol. The van der Waals surface area contributed by atoms with Gasteiger partial charge in [-0.25, -0.2) is 9.78 Å². The number of esters is 1. The summed E-state index contributed by atoms with van der Waals surface area (Å²) >= 11 is 18.0. The normalized spacial score (nSPS) is 11.5. The zero-order valence-electron chi connectivity index (χ0n) is 16.5. The van der Waals surface area contributed by atoms with Crippen LogP contribution in [0.3, 0.4) is 0 Å². The van der Waals surface area contributed by atoms with Gasteiger partial charge in [0, 0.05) is 11.8 Å². The van der Waals surface area contributed by atoms with Crippen LogP contribution in [0, 0.1) is 6.92 Å². The lowest BCUT2D eigenvalue weighted by Crippen LogP contribution is -2.26. The molecule has 160 valence electrons. The van der Waals surface area contributed by atoms with E-state index in [0.29, 0.717) is 17.0 Å². The van der Waals surface area contributed by atoms with Gasteiger partial charge in [-0.1, -0.05) is 71.2 Å². The van der Waals surface area contributed by atoms with Crippen molar-refractivity contribution in [3.05, 3.63) is 86.6 Å². The van der Waals surface area contributed by atoms with E-state index < -0.39 is 18.0 Å². The van der Waals surface area contributed by atoms with Crippen LogP contribution in [0.25, 0.3) is 0 Å². The summed E-state index contributed by atoms with van der Waals surface area (Å²) in [6.45, 7) is 1.88. The number of methoxy groups -OCH3 is 1. The average Bonchev–Trinajstić information content (AvgIpc) is 2.76. The number of pyridine rings is 1. The molecular weight excluding hydrogens is 463 g/mol. The van der Waals surface area contributed by atoms with Crippen LogP contribution < -0.4 is 10.1 Å². The summed E-state index contributed by atoms with van der Waals surface area (Å²) in [5.41, 5.74) is 1.56. The smallest absolute Gasteiger partial charge is 0.359 e. The number of aromatic nitrogens is 1. The second-order valence-electron chi connectivity index (χ2n) is 6.47. The van der Waals surface area contributed by atoms with Gasteiger partial charge in [-0.3, -0.25) is 4.79 Å². The van der Waals surface area contributed by atoms with Crippen LogP contribution in [0.15, 0.2) is 54.7 Å². The van der Waals surface area contributed by atoms with Gasteiger partial charge in [0.25, 0.3) is 5.91 Å². The zero-order chi connectivity index (χ0) is 22.5. The van der Waals surface area contributed by atoms with Crippen LogP contribution in [0.2, 0.25) is 15.1 Å². The van der Waals surface area contributed by atoms with Crippen molar-refractivity contribution < 1.29 is 19.1 Å². The molecule has 1 aromatic heterocycles. The first-order valence-electron chi connectivity index (χ1n) is 9.02. The van der Waals surface area contributed by atoms with E-state index in [0.717, 1.165) is 5.56 Å². The van der Waals surface area contributed by atoms with E-state index in [2.05, 4.69) is 10.3 Å². The molecule has 3 rings (SSSR count). The molecule has 0 bridgehead atoms. The lowest BCUT2D eigenvalue weighted by molar-refractivity contribution is -0.125. The number of nitrogens with zero attached hydrogens (tertiary/aromatic N) is 1. The van der Waals surface area contributed by atoms with Gasteiger partial charge in [-0.2, -0.15) is 0 Å². The summed E-state index contributed by atoms with van der Waals surface area (Å²) in [4.78, 5) is 29.8. The first-order valence-corrected chi connectivity index (χ1v) is 10.2. The summed E-state index contributed by atoms with van der Waals surface area (Å²) < 4.78 is 10.8. The van der Waals surface area contributed by atoms with E-state index >= 15 is 0 Å². The third kappa shape index (κ3) is 5.28. The highest BCUT2D eigenvalue weighted by atomic mass is 35.5. The molecule has 1 amide bonds. The number of benzene rings is 2. The Morgan fingerprint density at radius 3 is 2.42 bits per heavy atom. The van der Waals surface area contributed by atoms with Crippen LogP contribution in [-0.2, 0) is 9.53 Å². The predicted octanol–water partition coefficient (Wildman–Crippen LogP) is 5.90. The Balaban J connectivity index is 1.93. The van der Waals surface area contributed by atoms with E-state index in [1.165, 1.54) is 13.3 Å². The number of carbonyl (C=O) groups is 2. The lowest BCUT2D eigenvalue weighted by atomic mass is 10.1. The Morgan fingerprint density at radius 1 is 1.03 bits per heavy atom. The van der Waals surface area contributed by atoms with Crippen molar-refractivity contribution in [3.63, 3.8) is 0 Å². The Kier molecular flexibility index (Phi) is 7.38. The molecule has 0 aliphatic carbocycles. The van der Waals surface area contributed by atoms with Crippen LogP contribution in [0.1, 0.15) is 27.7 Å². The van der Waals surface area contributed by atoms with E-state index in [1.807, 2.05) is 13.0 Å². The molecule has 0 spiro atoms. The number of aryl methyl sites for hydroxylation is 1. The second-order valence-corrected chi connectivity index (χ2v) is 7.63. The quantitative estimate of drug-likeness (QED) is 0.446. The molecule has 0 aliphatic rings. The largest absolute Gasteiger partial charge is 0.495 e. The van der Waals surface area contributed by atoms with Crippen molar-refractivity contribution in [2.24, 2.45) is 0 Å². The minimum absolute atomic E-state index is 0.0320. The van der Waals surface area contributed by atoms with Crippen molar-refractivity contribution >= 4 is 52.4 Å². The highest BCUT2D eigenvalue weighted by Crippen LogP contribution is 2.33. The minimum Gasteiger partial charge on any atom is -0.495 e. The number of hydrogen-bond acceptors (Lipinski definition) is 5. The van der Waals surface area contributed by atoms with Crippen molar-refractivity contribution in [3.8, 4) is 5.75 Å². The molecule has 6 nitrogen and oxygen atoms in total. The summed E-state index contributed by atoms with van der Waals surface area (Å²) in [6, 6.07) is 13.9. The molecule has 9 heteroatoms. The third-order valence-electron chi connectivity index (χ3n) is 4.29. The highest BCUT2D eigenvalue weighted by Gasteiger charge is 2.29. The maximum Gasteiger partial charge on any atom is 0.359 e. The molecule has 0 saturated carbocycles.